The number of likely N-dealkylation sites (tertiary alicyclic amines) is 1. The van der Waals surface area contributed by atoms with Crippen molar-refractivity contribution in [2.45, 2.75) is 71.6 Å². The second-order valence-electron chi connectivity index (χ2n) is 11.4. The quantitative estimate of drug-likeness (QED) is 0.316. The molecule has 218 valence electrons. The van der Waals surface area contributed by atoms with Gasteiger partial charge < -0.3 is 14.4 Å². The largest absolute Gasteiger partial charge is 0.490 e. The summed E-state index contributed by atoms with van der Waals surface area (Å²) >= 11 is 0. The molecule has 0 aliphatic carbocycles. The van der Waals surface area contributed by atoms with Crippen molar-refractivity contribution in [2.75, 3.05) is 18.8 Å². The summed E-state index contributed by atoms with van der Waals surface area (Å²) in [6, 6.07) is 22.6. The number of fused-ring (bicyclic) bond motifs is 1. The van der Waals surface area contributed by atoms with E-state index in [1.165, 1.54) is 0 Å². The molecule has 0 atom stereocenters. The van der Waals surface area contributed by atoms with E-state index in [1.807, 2.05) is 88.4 Å². The highest BCUT2D eigenvalue weighted by Gasteiger charge is 2.27. The predicted octanol–water partition coefficient (Wildman–Crippen LogP) is 6.85. The number of ether oxygens (including phenoxy) is 2. The van der Waals surface area contributed by atoms with Gasteiger partial charge in [-0.1, -0.05) is 31.5 Å². The van der Waals surface area contributed by atoms with E-state index < -0.39 is 15.6 Å². The maximum Gasteiger partial charge on any atom is 0.410 e. The van der Waals surface area contributed by atoms with Gasteiger partial charge in [0.2, 0.25) is 10.0 Å². The molecule has 1 fully saturated rings. The number of piperidine rings is 1. The van der Waals surface area contributed by atoms with Crippen LogP contribution in [-0.4, -0.2) is 50.0 Å². The smallest absolute Gasteiger partial charge is 0.410 e. The zero-order valence-corrected chi connectivity index (χ0v) is 25.2. The Morgan fingerprint density at radius 3 is 2.41 bits per heavy atom. The zero-order chi connectivity index (χ0) is 29.5. The molecule has 1 heterocycles. The fraction of sp³-hybridized carbons (Fsp3) is 0.438. The van der Waals surface area contributed by atoms with Crippen LogP contribution in [0.25, 0.3) is 15.6 Å². The second-order valence-corrected chi connectivity index (χ2v) is 13.3. The van der Waals surface area contributed by atoms with Gasteiger partial charge in [0.05, 0.1) is 5.75 Å². The molecule has 9 heteroatoms. The Bertz CT molecular complexity index is 1510. The van der Waals surface area contributed by atoms with Gasteiger partial charge in [0.25, 0.3) is 0 Å². The minimum atomic E-state index is -3.27. The highest BCUT2D eigenvalue weighted by atomic mass is 32.2. The molecule has 41 heavy (non-hydrogen) atoms. The molecule has 1 saturated heterocycles. The lowest BCUT2D eigenvalue weighted by Crippen LogP contribution is -2.44. The lowest BCUT2D eigenvalue weighted by atomic mass is 10.0. The van der Waals surface area contributed by atoms with Crippen molar-refractivity contribution >= 4 is 32.6 Å². The summed E-state index contributed by atoms with van der Waals surface area (Å²) in [7, 11) is -3.27. The summed E-state index contributed by atoms with van der Waals surface area (Å²) in [4.78, 5) is 18.5. The Balaban J connectivity index is 1.32. The average molecular weight is 579 g/mol. The van der Waals surface area contributed by atoms with Gasteiger partial charge in [-0.25, -0.2) is 17.9 Å². The van der Waals surface area contributed by atoms with Crippen LogP contribution in [0.3, 0.4) is 0 Å². The number of benzene rings is 3. The highest BCUT2D eigenvalue weighted by molar-refractivity contribution is 7.89. The van der Waals surface area contributed by atoms with Crippen molar-refractivity contribution in [3.8, 4) is 11.8 Å². The van der Waals surface area contributed by atoms with Gasteiger partial charge in [-0.15, -0.1) is 0 Å². The van der Waals surface area contributed by atoms with Crippen LogP contribution in [0, 0.1) is 6.07 Å². The average Bonchev–Trinajstić information content (AvgIpc) is 2.94. The number of unbranched alkanes of at least 4 members (excludes halogenated alkanes) is 1. The number of hydrogen-bond acceptors (Lipinski definition) is 5. The summed E-state index contributed by atoms with van der Waals surface area (Å²) in [5.41, 5.74) is 1.99. The van der Waals surface area contributed by atoms with Gasteiger partial charge in [0.1, 0.15) is 23.0 Å². The molecule has 0 saturated carbocycles. The van der Waals surface area contributed by atoms with Crippen LogP contribution in [0.5, 0.6) is 5.75 Å². The third-order valence-corrected chi connectivity index (χ3v) is 8.13. The normalized spacial score (nSPS) is 14.4. The molecular weight excluding hydrogens is 538 g/mol. The monoisotopic (exact) mass is 578 g/mol. The van der Waals surface area contributed by atoms with E-state index in [0.29, 0.717) is 19.5 Å². The lowest BCUT2D eigenvalue weighted by Gasteiger charge is -2.33. The Morgan fingerprint density at radius 1 is 1.02 bits per heavy atom. The van der Waals surface area contributed by atoms with Crippen LogP contribution in [0.15, 0.2) is 60.7 Å². The molecule has 1 amide bonds. The van der Waals surface area contributed by atoms with Crippen molar-refractivity contribution in [1.29, 1.82) is 0 Å². The molecule has 1 aliphatic heterocycles. The maximum absolute atomic E-state index is 12.3. The van der Waals surface area contributed by atoms with Crippen molar-refractivity contribution in [1.82, 2.24) is 9.62 Å². The van der Waals surface area contributed by atoms with Crippen molar-refractivity contribution < 1.29 is 22.7 Å². The SMILES string of the molecule is CCCCS(=O)(=O)NCc1ccc2ccc(C#[N+]c3ccc(OC4CCN(C(=O)OC(C)(C)C)CC4)cc3)cc2c1. The van der Waals surface area contributed by atoms with E-state index in [0.717, 1.165) is 52.6 Å². The van der Waals surface area contributed by atoms with Crippen molar-refractivity contribution in [3.63, 3.8) is 0 Å². The second kappa shape index (κ2) is 13.4. The summed E-state index contributed by atoms with van der Waals surface area (Å²) in [5.74, 6) is 0.915. The summed E-state index contributed by atoms with van der Waals surface area (Å²) in [6.07, 6.45) is 2.77. The molecule has 0 radical (unpaired) electrons. The van der Waals surface area contributed by atoms with Crippen molar-refractivity contribution in [2.24, 2.45) is 0 Å². The first kappa shape index (κ1) is 30.4. The fourth-order valence-corrected chi connectivity index (χ4v) is 5.68. The summed E-state index contributed by atoms with van der Waals surface area (Å²) in [5, 5.41) is 2.06. The summed E-state index contributed by atoms with van der Waals surface area (Å²) < 4.78 is 38.6. The third kappa shape index (κ3) is 9.48. The number of hydrogen-bond donors (Lipinski definition) is 1. The van der Waals surface area contributed by atoms with Gasteiger partial charge in [0.15, 0.2) is 0 Å². The van der Waals surface area contributed by atoms with Gasteiger partial charge in [-0.3, -0.25) is 0 Å². The number of amides is 1. The molecular formula is C32H40N3O5S+. The Labute approximate surface area is 243 Å². The third-order valence-electron chi connectivity index (χ3n) is 6.71. The van der Waals surface area contributed by atoms with Gasteiger partial charge in [0, 0.05) is 44.6 Å². The molecule has 0 spiro atoms. The standard InChI is InChI=1S/C32H40N3O5S/c1-5-6-19-41(37,38)34-23-25-8-10-26-9-7-24(20-27(26)21-25)22-33-28-11-13-29(14-12-28)39-30-15-17-35(18-16-30)31(36)40-32(2,3)4/h7-14,20-21,30,34H,5-6,15-19,23H2,1-4H3/q+1. The van der Waals surface area contributed by atoms with Crippen LogP contribution >= 0.6 is 0 Å². The Morgan fingerprint density at radius 2 is 1.73 bits per heavy atom. The number of nitrogens with one attached hydrogen (secondary N) is 1. The van der Waals surface area contributed by atoms with Gasteiger partial charge in [-0.05, 0) is 78.7 Å². The Kier molecular flexibility index (Phi) is 9.90. The molecule has 3 aromatic rings. The number of rotatable bonds is 8. The van der Waals surface area contributed by atoms with E-state index in [1.54, 1.807) is 4.90 Å². The molecule has 8 nitrogen and oxygen atoms in total. The minimum absolute atomic E-state index is 0.0451. The van der Waals surface area contributed by atoms with E-state index >= 15 is 0 Å². The van der Waals surface area contributed by atoms with E-state index in [-0.39, 0.29) is 24.5 Å². The van der Waals surface area contributed by atoms with Crippen LogP contribution < -0.4 is 9.46 Å². The first-order chi connectivity index (χ1) is 19.5. The van der Waals surface area contributed by atoms with Crippen LogP contribution in [0.4, 0.5) is 10.5 Å². The number of sulfonamides is 1. The Hall–Kier alpha value is -3.61. The zero-order valence-electron chi connectivity index (χ0n) is 24.4. The first-order valence-corrected chi connectivity index (χ1v) is 15.9. The molecule has 3 aromatic carbocycles. The van der Waals surface area contributed by atoms with Crippen LogP contribution in [0.2, 0.25) is 0 Å². The van der Waals surface area contributed by atoms with Gasteiger partial charge >= 0.3 is 17.8 Å². The number of carbonyl (C=O) groups is 1. The molecule has 1 aliphatic rings. The topological polar surface area (TPSA) is 89.3 Å². The molecule has 1 N–H and O–H groups in total. The van der Waals surface area contributed by atoms with Crippen molar-refractivity contribution in [3.05, 3.63) is 76.6 Å². The summed E-state index contributed by atoms with van der Waals surface area (Å²) in [6.45, 7) is 9.07. The van der Waals surface area contributed by atoms with E-state index in [9.17, 15) is 13.2 Å². The molecule has 4 rings (SSSR count). The predicted molar refractivity (Wildman–Crippen MR) is 163 cm³/mol. The molecule has 0 bridgehead atoms. The maximum atomic E-state index is 12.3. The first-order valence-electron chi connectivity index (χ1n) is 14.2. The lowest BCUT2D eigenvalue weighted by molar-refractivity contribution is 0.0126. The number of carbonyl (C=O) groups excluding carboxylic acids is 1. The van der Waals surface area contributed by atoms with Gasteiger partial charge in [-0.2, -0.15) is 0 Å². The van der Waals surface area contributed by atoms with Crippen LogP contribution in [0.1, 0.15) is 64.5 Å². The minimum Gasteiger partial charge on any atom is -0.490 e. The van der Waals surface area contributed by atoms with E-state index in [4.69, 9.17) is 9.47 Å². The fourth-order valence-electron chi connectivity index (χ4n) is 4.48. The number of nitrogens with zero attached hydrogens (tertiary/aromatic N) is 2. The highest BCUT2D eigenvalue weighted by Crippen LogP contribution is 2.24. The molecule has 0 aromatic heterocycles. The molecule has 0 unspecified atom stereocenters. The van der Waals surface area contributed by atoms with Crippen LogP contribution in [-0.2, 0) is 21.3 Å². The van der Waals surface area contributed by atoms with E-state index in [2.05, 4.69) is 15.6 Å².